The summed E-state index contributed by atoms with van der Waals surface area (Å²) in [5, 5.41) is 2.64. The molecule has 0 aliphatic heterocycles. The predicted molar refractivity (Wildman–Crippen MR) is 96.4 cm³/mol. The van der Waals surface area contributed by atoms with E-state index in [1.165, 1.54) is 24.3 Å². The molecule has 5 nitrogen and oxygen atoms in total. The number of amides is 1. The molecular weight excluding hydrogens is 337 g/mol. The molecular formula is C20H22FNO4. The Labute approximate surface area is 152 Å². The van der Waals surface area contributed by atoms with E-state index < -0.39 is 23.8 Å². The zero-order chi connectivity index (χ0) is 19.1. The van der Waals surface area contributed by atoms with Gasteiger partial charge in [-0.1, -0.05) is 26.0 Å². The summed E-state index contributed by atoms with van der Waals surface area (Å²) in [5.74, 6) is -0.858. The summed E-state index contributed by atoms with van der Waals surface area (Å²) in [6.45, 7) is 3.57. The van der Waals surface area contributed by atoms with E-state index in [4.69, 9.17) is 9.47 Å². The average Bonchev–Trinajstić information content (AvgIpc) is 2.62. The van der Waals surface area contributed by atoms with E-state index in [2.05, 4.69) is 5.32 Å². The van der Waals surface area contributed by atoms with Crippen molar-refractivity contribution >= 4 is 17.6 Å². The van der Waals surface area contributed by atoms with Gasteiger partial charge in [-0.3, -0.25) is 9.59 Å². The van der Waals surface area contributed by atoms with Crippen molar-refractivity contribution in [1.82, 2.24) is 0 Å². The molecule has 2 rings (SSSR count). The van der Waals surface area contributed by atoms with Crippen LogP contribution in [-0.4, -0.2) is 25.1 Å². The molecule has 2 aromatic rings. The fourth-order valence-electron chi connectivity index (χ4n) is 2.33. The number of methoxy groups -OCH3 is 1. The number of nitrogens with one attached hydrogen (secondary N) is 1. The van der Waals surface area contributed by atoms with Crippen molar-refractivity contribution in [3.63, 3.8) is 0 Å². The first-order valence-electron chi connectivity index (χ1n) is 8.28. The van der Waals surface area contributed by atoms with Crippen LogP contribution in [0.2, 0.25) is 0 Å². The van der Waals surface area contributed by atoms with E-state index in [9.17, 15) is 14.0 Å². The van der Waals surface area contributed by atoms with Crippen LogP contribution in [-0.2, 0) is 20.7 Å². The minimum Gasteiger partial charge on any atom is -0.497 e. The molecule has 2 aromatic carbocycles. The SMILES string of the molecule is COc1ccc(CC(=O)OC(C(=O)Nc2ccc(F)cc2)C(C)C)cc1. The van der Waals surface area contributed by atoms with Crippen LogP contribution in [0.3, 0.4) is 0 Å². The molecule has 1 amide bonds. The Bertz CT molecular complexity index is 741. The summed E-state index contributed by atoms with van der Waals surface area (Å²) >= 11 is 0. The first-order chi connectivity index (χ1) is 12.4. The fraction of sp³-hybridized carbons (Fsp3) is 0.300. The van der Waals surface area contributed by atoms with Crippen LogP contribution in [0, 0.1) is 11.7 Å². The smallest absolute Gasteiger partial charge is 0.311 e. The van der Waals surface area contributed by atoms with Crippen molar-refractivity contribution in [2.45, 2.75) is 26.4 Å². The highest BCUT2D eigenvalue weighted by Gasteiger charge is 2.26. The van der Waals surface area contributed by atoms with Gasteiger partial charge in [0.05, 0.1) is 13.5 Å². The third-order valence-corrected chi connectivity index (χ3v) is 3.74. The molecule has 0 heterocycles. The highest BCUT2D eigenvalue weighted by atomic mass is 19.1. The van der Waals surface area contributed by atoms with Crippen LogP contribution in [0.5, 0.6) is 5.75 Å². The molecule has 0 bridgehead atoms. The zero-order valence-electron chi connectivity index (χ0n) is 15.0. The molecule has 0 saturated carbocycles. The van der Waals surface area contributed by atoms with Crippen molar-refractivity contribution in [2.24, 2.45) is 5.92 Å². The number of hydrogen-bond donors (Lipinski definition) is 1. The number of esters is 1. The van der Waals surface area contributed by atoms with Crippen molar-refractivity contribution in [3.05, 3.63) is 59.9 Å². The number of ether oxygens (including phenoxy) is 2. The molecule has 1 atom stereocenters. The molecule has 0 aliphatic rings. The van der Waals surface area contributed by atoms with Gasteiger partial charge >= 0.3 is 5.97 Å². The largest absolute Gasteiger partial charge is 0.497 e. The molecule has 26 heavy (non-hydrogen) atoms. The van der Waals surface area contributed by atoms with E-state index >= 15 is 0 Å². The highest BCUT2D eigenvalue weighted by molar-refractivity contribution is 5.95. The number of halogens is 1. The van der Waals surface area contributed by atoms with Crippen LogP contribution < -0.4 is 10.1 Å². The Kier molecular flexibility index (Phi) is 6.72. The van der Waals surface area contributed by atoms with E-state index in [1.54, 1.807) is 45.2 Å². The number of carbonyl (C=O) groups excluding carboxylic acids is 2. The molecule has 0 aliphatic carbocycles. The van der Waals surface area contributed by atoms with Crippen LogP contribution in [0.1, 0.15) is 19.4 Å². The number of carbonyl (C=O) groups is 2. The maximum Gasteiger partial charge on any atom is 0.311 e. The second kappa shape index (κ2) is 8.99. The number of anilines is 1. The van der Waals surface area contributed by atoms with Gasteiger partial charge in [-0.2, -0.15) is 0 Å². The third kappa shape index (κ3) is 5.58. The topological polar surface area (TPSA) is 64.6 Å². The summed E-state index contributed by atoms with van der Waals surface area (Å²) in [7, 11) is 1.57. The summed E-state index contributed by atoms with van der Waals surface area (Å²) in [5.41, 5.74) is 1.20. The van der Waals surface area contributed by atoms with Crippen LogP contribution >= 0.6 is 0 Å². The summed E-state index contributed by atoms with van der Waals surface area (Å²) in [6, 6.07) is 12.4. The molecule has 0 radical (unpaired) electrons. The number of rotatable bonds is 7. The van der Waals surface area contributed by atoms with Gasteiger partial charge in [-0.25, -0.2) is 4.39 Å². The molecule has 0 fully saturated rings. The van der Waals surface area contributed by atoms with E-state index in [0.29, 0.717) is 11.4 Å². The lowest BCUT2D eigenvalue weighted by Crippen LogP contribution is -2.37. The van der Waals surface area contributed by atoms with Crippen LogP contribution in [0.15, 0.2) is 48.5 Å². The zero-order valence-corrected chi connectivity index (χ0v) is 15.0. The van der Waals surface area contributed by atoms with Gasteiger partial charge in [-0.05, 0) is 47.9 Å². The Balaban J connectivity index is 1.98. The van der Waals surface area contributed by atoms with Crippen molar-refractivity contribution in [3.8, 4) is 5.75 Å². The second-order valence-corrected chi connectivity index (χ2v) is 6.18. The van der Waals surface area contributed by atoms with Gasteiger partial charge in [0.15, 0.2) is 6.10 Å². The van der Waals surface area contributed by atoms with Crippen LogP contribution in [0.4, 0.5) is 10.1 Å². The number of hydrogen-bond acceptors (Lipinski definition) is 4. The molecule has 138 valence electrons. The van der Waals surface area contributed by atoms with Gasteiger partial charge in [0.2, 0.25) is 0 Å². The van der Waals surface area contributed by atoms with Gasteiger partial charge in [0, 0.05) is 5.69 Å². The van der Waals surface area contributed by atoms with Crippen molar-refractivity contribution in [2.75, 3.05) is 12.4 Å². The monoisotopic (exact) mass is 359 g/mol. The molecule has 6 heteroatoms. The standard InChI is InChI=1S/C20H22FNO4/c1-13(2)19(20(24)22-16-8-6-15(21)7-9-16)26-18(23)12-14-4-10-17(25-3)11-5-14/h4-11,13,19H,12H2,1-3H3,(H,22,24). The van der Waals surface area contributed by atoms with E-state index in [-0.39, 0.29) is 12.3 Å². The van der Waals surface area contributed by atoms with E-state index in [1.807, 2.05) is 0 Å². The Hall–Kier alpha value is -2.89. The Morgan fingerprint density at radius 2 is 1.65 bits per heavy atom. The molecule has 0 aromatic heterocycles. The summed E-state index contributed by atoms with van der Waals surface area (Å²) in [4.78, 5) is 24.6. The second-order valence-electron chi connectivity index (χ2n) is 6.18. The third-order valence-electron chi connectivity index (χ3n) is 3.74. The highest BCUT2D eigenvalue weighted by Crippen LogP contribution is 2.16. The maximum atomic E-state index is 12.9. The molecule has 1 N–H and O–H groups in total. The average molecular weight is 359 g/mol. The quantitative estimate of drug-likeness (QED) is 0.768. The normalized spacial score (nSPS) is 11.7. The van der Waals surface area contributed by atoms with Crippen molar-refractivity contribution in [1.29, 1.82) is 0 Å². The van der Waals surface area contributed by atoms with Gasteiger partial charge in [0.1, 0.15) is 11.6 Å². The van der Waals surface area contributed by atoms with Crippen molar-refractivity contribution < 1.29 is 23.5 Å². The fourth-order valence-corrected chi connectivity index (χ4v) is 2.33. The Morgan fingerprint density at radius 3 is 2.19 bits per heavy atom. The minimum atomic E-state index is -0.939. The van der Waals surface area contributed by atoms with Crippen LogP contribution in [0.25, 0.3) is 0 Å². The molecule has 0 saturated heterocycles. The van der Waals surface area contributed by atoms with Gasteiger partial charge in [-0.15, -0.1) is 0 Å². The maximum absolute atomic E-state index is 12.9. The summed E-state index contributed by atoms with van der Waals surface area (Å²) in [6.07, 6.45) is -0.886. The lowest BCUT2D eigenvalue weighted by molar-refractivity contribution is -0.156. The predicted octanol–water partition coefficient (Wildman–Crippen LogP) is 3.58. The van der Waals surface area contributed by atoms with Gasteiger partial charge in [0.25, 0.3) is 5.91 Å². The molecule has 1 unspecified atom stereocenters. The summed E-state index contributed by atoms with van der Waals surface area (Å²) < 4.78 is 23.4. The lowest BCUT2D eigenvalue weighted by atomic mass is 10.1. The first-order valence-corrected chi connectivity index (χ1v) is 8.28. The lowest BCUT2D eigenvalue weighted by Gasteiger charge is -2.21. The van der Waals surface area contributed by atoms with Gasteiger partial charge < -0.3 is 14.8 Å². The Morgan fingerprint density at radius 1 is 1.04 bits per heavy atom. The first kappa shape index (κ1) is 19.4. The van der Waals surface area contributed by atoms with E-state index in [0.717, 1.165) is 5.56 Å². The number of benzene rings is 2. The molecule has 0 spiro atoms. The minimum absolute atomic E-state index is 0.0526.